The lowest BCUT2D eigenvalue weighted by Gasteiger charge is -2.21. The van der Waals surface area contributed by atoms with Gasteiger partial charge in [0.1, 0.15) is 11.8 Å². The zero-order valence-corrected chi connectivity index (χ0v) is 11.1. The highest BCUT2D eigenvalue weighted by molar-refractivity contribution is 9.10. The number of phenolic OH excluding ortho intramolecular Hbond substituents is 1. The maximum atomic E-state index is 12.2. The molecule has 18 heavy (non-hydrogen) atoms. The van der Waals surface area contributed by atoms with Gasteiger partial charge in [-0.25, -0.2) is 4.79 Å². The van der Waals surface area contributed by atoms with Crippen LogP contribution in [0.15, 0.2) is 22.7 Å². The topological polar surface area (TPSA) is 77.8 Å². The van der Waals surface area contributed by atoms with Gasteiger partial charge in [0.2, 0.25) is 0 Å². The first kappa shape index (κ1) is 12.9. The van der Waals surface area contributed by atoms with Crippen LogP contribution < -0.4 is 0 Å². The van der Waals surface area contributed by atoms with Crippen LogP contribution in [0.3, 0.4) is 0 Å². The molecule has 1 fully saturated rings. The molecule has 6 heteroatoms. The first-order valence-electron chi connectivity index (χ1n) is 5.53. The number of carbonyl (C=O) groups excluding carboxylic acids is 1. The molecule has 1 aliphatic heterocycles. The van der Waals surface area contributed by atoms with Crippen LogP contribution in [0.1, 0.15) is 23.2 Å². The average molecular weight is 314 g/mol. The van der Waals surface area contributed by atoms with Gasteiger partial charge in [-0.3, -0.25) is 4.79 Å². The summed E-state index contributed by atoms with van der Waals surface area (Å²) in [5, 5.41) is 18.7. The molecule has 1 saturated heterocycles. The molecular weight excluding hydrogens is 302 g/mol. The Morgan fingerprint density at radius 3 is 2.78 bits per heavy atom. The van der Waals surface area contributed by atoms with E-state index in [9.17, 15) is 14.7 Å². The second-order valence-corrected chi connectivity index (χ2v) is 5.07. The van der Waals surface area contributed by atoms with Crippen LogP contribution in [-0.4, -0.2) is 39.6 Å². The molecule has 0 saturated carbocycles. The molecule has 5 nitrogen and oxygen atoms in total. The van der Waals surface area contributed by atoms with E-state index < -0.39 is 17.9 Å². The van der Waals surface area contributed by atoms with Gasteiger partial charge < -0.3 is 15.1 Å². The number of aliphatic carboxylic acids is 1. The number of nitrogens with zero attached hydrogens (tertiary/aromatic N) is 1. The maximum absolute atomic E-state index is 12.2. The number of hydrogen-bond donors (Lipinski definition) is 2. The Kier molecular flexibility index (Phi) is 3.56. The third-order valence-corrected chi connectivity index (χ3v) is 3.48. The third kappa shape index (κ3) is 2.33. The Hall–Kier alpha value is -1.56. The number of aromatic hydroxyl groups is 1. The predicted octanol–water partition coefficient (Wildman–Crippen LogP) is 1.84. The van der Waals surface area contributed by atoms with E-state index in [1.165, 1.54) is 17.0 Å². The first-order valence-corrected chi connectivity index (χ1v) is 6.32. The molecule has 0 radical (unpaired) electrons. The Bertz CT molecular complexity index is 503. The first-order chi connectivity index (χ1) is 8.50. The summed E-state index contributed by atoms with van der Waals surface area (Å²) in [5.41, 5.74) is 0.123. The zero-order valence-electron chi connectivity index (χ0n) is 9.47. The summed E-state index contributed by atoms with van der Waals surface area (Å²) in [7, 11) is 0. The number of hydrogen-bond acceptors (Lipinski definition) is 3. The Balaban J connectivity index is 2.31. The number of carboxylic acids is 1. The van der Waals surface area contributed by atoms with Gasteiger partial charge in [-0.05, 0) is 31.0 Å². The van der Waals surface area contributed by atoms with Gasteiger partial charge in [0.05, 0.1) is 5.56 Å². The lowest BCUT2D eigenvalue weighted by Crippen LogP contribution is -2.40. The highest BCUT2D eigenvalue weighted by Gasteiger charge is 2.35. The van der Waals surface area contributed by atoms with Crippen molar-refractivity contribution in [2.75, 3.05) is 6.54 Å². The molecule has 0 spiro atoms. The molecule has 1 aromatic rings. The van der Waals surface area contributed by atoms with E-state index in [4.69, 9.17) is 5.11 Å². The van der Waals surface area contributed by atoms with Crippen LogP contribution in [0.25, 0.3) is 0 Å². The molecule has 0 unspecified atom stereocenters. The maximum Gasteiger partial charge on any atom is 0.326 e. The standard InChI is InChI=1S/C12H12BrNO4/c13-7-3-4-10(15)8(6-7)11(16)14-5-1-2-9(14)12(17)18/h3-4,6,9,15H,1-2,5H2,(H,17,18)/t9-/m1/s1. The highest BCUT2D eigenvalue weighted by atomic mass is 79.9. The van der Waals surface area contributed by atoms with E-state index in [0.29, 0.717) is 23.9 Å². The van der Waals surface area contributed by atoms with Crippen molar-refractivity contribution in [3.63, 3.8) is 0 Å². The summed E-state index contributed by atoms with van der Waals surface area (Å²) in [6.45, 7) is 0.405. The summed E-state index contributed by atoms with van der Waals surface area (Å²) < 4.78 is 0.662. The van der Waals surface area contributed by atoms with Crippen LogP contribution in [0.2, 0.25) is 0 Å². The monoisotopic (exact) mass is 313 g/mol. The van der Waals surface area contributed by atoms with Crippen LogP contribution >= 0.6 is 15.9 Å². The molecule has 1 aromatic carbocycles. The lowest BCUT2D eigenvalue weighted by atomic mass is 10.1. The number of halogens is 1. The van der Waals surface area contributed by atoms with E-state index in [0.717, 1.165) is 0 Å². The van der Waals surface area contributed by atoms with Gasteiger partial charge in [-0.1, -0.05) is 15.9 Å². The minimum absolute atomic E-state index is 0.123. The van der Waals surface area contributed by atoms with Gasteiger partial charge in [0, 0.05) is 11.0 Å². The quantitative estimate of drug-likeness (QED) is 0.873. The van der Waals surface area contributed by atoms with Gasteiger partial charge >= 0.3 is 5.97 Å². The van der Waals surface area contributed by atoms with Gasteiger partial charge in [0.15, 0.2) is 0 Å². The summed E-state index contributed by atoms with van der Waals surface area (Å²) in [6.07, 6.45) is 1.12. The Morgan fingerprint density at radius 1 is 1.39 bits per heavy atom. The fourth-order valence-corrected chi connectivity index (χ4v) is 2.46. The highest BCUT2D eigenvalue weighted by Crippen LogP contribution is 2.27. The number of carbonyl (C=O) groups is 2. The molecule has 1 aliphatic rings. The summed E-state index contributed by atoms with van der Waals surface area (Å²) >= 11 is 3.22. The second-order valence-electron chi connectivity index (χ2n) is 4.16. The number of carboxylic acid groups (broad SMARTS) is 1. The van der Waals surface area contributed by atoms with Crippen LogP contribution in [0.5, 0.6) is 5.75 Å². The summed E-state index contributed by atoms with van der Waals surface area (Å²) in [5.74, 6) is -1.59. The summed E-state index contributed by atoms with van der Waals surface area (Å²) in [4.78, 5) is 24.5. The third-order valence-electron chi connectivity index (χ3n) is 2.99. The van der Waals surface area contributed by atoms with E-state index in [2.05, 4.69) is 15.9 Å². The summed E-state index contributed by atoms with van der Waals surface area (Å²) in [6, 6.07) is 3.72. The molecule has 1 amide bonds. The number of benzene rings is 1. The molecule has 96 valence electrons. The molecule has 0 bridgehead atoms. The van der Waals surface area contributed by atoms with E-state index >= 15 is 0 Å². The largest absolute Gasteiger partial charge is 0.507 e. The van der Waals surface area contributed by atoms with Crippen molar-refractivity contribution in [2.24, 2.45) is 0 Å². The second kappa shape index (κ2) is 4.97. The van der Waals surface area contributed by atoms with E-state index in [-0.39, 0.29) is 11.3 Å². The van der Waals surface area contributed by atoms with E-state index in [1.54, 1.807) is 6.07 Å². The minimum Gasteiger partial charge on any atom is -0.507 e. The Morgan fingerprint density at radius 2 is 2.11 bits per heavy atom. The number of rotatable bonds is 2. The van der Waals surface area contributed by atoms with Crippen LogP contribution in [-0.2, 0) is 4.79 Å². The van der Waals surface area contributed by atoms with Crippen molar-refractivity contribution in [3.05, 3.63) is 28.2 Å². The van der Waals surface area contributed by atoms with Crippen molar-refractivity contribution in [1.29, 1.82) is 0 Å². The molecule has 1 atom stereocenters. The van der Waals surface area contributed by atoms with Crippen molar-refractivity contribution >= 4 is 27.8 Å². The molecule has 0 aromatic heterocycles. The molecule has 2 rings (SSSR count). The van der Waals surface area contributed by atoms with Crippen molar-refractivity contribution in [1.82, 2.24) is 4.90 Å². The van der Waals surface area contributed by atoms with Gasteiger partial charge in [-0.15, -0.1) is 0 Å². The van der Waals surface area contributed by atoms with Crippen molar-refractivity contribution < 1.29 is 19.8 Å². The number of phenols is 1. The van der Waals surface area contributed by atoms with Crippen LogP contribution in [0.4, 0.5) is 0 Å². The van der Waals surface area contributed by atoms with Crippen molar-refractivity contribution in [2.45, 2.75) is 18.9 Å². The van der Waals surface area contributed by atoms with Crippen molar-refractivity contribution in [3.8, 4) is 5.75 Å². The molecular formula is C12H12BrNO4. The smallest absolute Gasteiger partial charge is 0.326 e. The molecule has 2 N–H and O–H groups in total. The fraction of sp³-hybridized carbons (Fsp3) is 0.333. The normalized spacial score (nSPS) is 18.9. The molecule has 1 heterocycles. The SMILES string of the molecule is O=C(O)[C@H]1CCCN1C(=O)c1cc(Br)ccc1O. The zero-order chi connectivity index (χ0) is 13.3. The van der Waals surface area contributed by atoms with E-state index in [1.807, 2.05) is 0 Å². The number of likely N-dealkylation sites (tertiary alicyclic amines) is 1. The van der Waals surface area contributed by atoms with Gasteiger partial charge in [0.25, 0.3) is 5.91 Å². The predicted molar refractivity (Wildman–Crippen MR) is 67.5 cm³/mol. The van der Waals surface area contributed by atoms with Crippen LogP contribution in [0, 0.1) is 0 Å². The number of amides is 1. The molecule has 0 aliphatic carbocycles. The van der Waals surface area contributed by atoms with Gasteiger partial charge in [-0.2, -0.15) is 0 Å². The fourth-order valence-electron chi connectivity index (χ4n) is 2.10. The Labute approximate surface area is 112 Å². The minimum atomic E-state index is -1.00. The average Bonchev–Trinajstić information content (AvgIpc) is 2.80. The lowest BCUT2D eigenvalue weighted by molar-refractivity contribution is -0.141.